The first kappa shape index (κ1) is 16.8. The Labute approximate surface area is 156 Å². The number of rotatable bonds is 4. The number of carbonyl (C=O) groups excluding carboxylic acids is 2. The van der Waals surface area contributed by atoms with Gasteiger partial charge < -0.3 is 10.4 Å². The van der Waals surface area contributed by atoms with E-state index >= 15 is 0 Å². The highest BCUT2D eigenvalue weighted by atomic mass is 16.3. The van der Waals surface area contributed by atoms with Gasteiger partial charge in [-0.15, -0.1) is 0 Å². The van der Waals surface area contributed by atoms with Gasteiger partial charge in [0.25, 0.3) is 5.91 Å². The molecule has 134 valence electrons. The normalized spacial score (nSPS) is 16.1. The molecule has 3 aromatic rings. The fraction of sp³-hybridized carbons (Fsp3) is 0.0909. The number of phenols is 1. The minimum Gasteiger partial charge on any atom is -0.508 e. The molecule has 1 aliphatic heterocycles. The fourth-order valence-corrected chi connectivity index (χ4v) is 3.35. The van der Waals surface area contributed by atoms with Crippen LogP contribution in [0, 0.1) is 0 Å². The van der Waals surface area contributed by atoms with Crippen molar-refractivity contribution in [3.63, 3.8) is 0 Å². The zero-order chi connectivity index (χ0) is 18.8. The quantitative estimate of drug-likeness (QED) is 0.625. The molecule has 5 nitrogen and oxygen atoms in total. The largest absolute Gasteiger partial charge is 0.508 e. The minimum atomic E-state index is -0.611. The van der Waals surface area contributed by atoms with Crippen molar-refractivity contribution in [2.75, 3.05) is 0 Å². The number of phenolic OH excluding ortho intramolecular Hbond substituents is 1. The van der Waals surface area contributed by atoms with Crippen molar-refractivity contribution in [3.05, 3.63) is 78.4 Å². The van der Waals surface area contributed by atoms with Crippen molar-refractivity contribution in [2.24, 2.45) is 0 Å². The first-order valence-electron chi connectivity index (χ1n) is 8.69. The van der Waals surface area contributed by atoms with Gasteiger partial charge in [0.15, 0.2) is 0 Å². The molecule has 1 fully saturated rings. The third-order valence-corrected chi connectivity index (χ3v) is 4.65. The summed E-state index contributed by atoms with van der Waals surface area (Å²) in [5.74, 6) is -0.149. The molecule has 0 spiro atoms. The number of imide groups is 1. The van der Waals surface area contributed by atoms with Crippen LogP contribution < -0.4 is 10.6 Å². The number of aromatic hydroxyl groups is 1. The maximum Gasteiger partial charge on any atom is 0.322 e. The summed E-state index contributed by atoms with van der Waals surface area (Å²) < 4.78 is 0. The van der Waals surface area contributed by atoms with Gasteiger partial charge in [0.05, 0.1) is 0 Å². The Hall–Kier alpha value is -3.60. The van der Waals surface area contributed by atoms with Crippen LogP contribution in [0.2, 0.25) is 0 Å². The fourth-order valence-electron chi connectivity index (χ4n) is 3.35. The maximum absolute atomic E-state index is 12.0. The minimum absolute atomic E-state index is 0.178. The highest BCUT2D eigenvalue weighted by Crippen LogP contribution is 2.31. The molecule has 1 unspecified atom stereocenters. The number of hydrogen-bond donors (Lipinski definition) is 3. The highest BCUT2D eigenvalue weighted by molar-refractivity contribution is 6.04. The summed E-state index contributed by atoms with van der Waals surface area (Å²) >= 11 is 0. The van der Waals surface area contributed by atoms with Crippen molar-refractivity contribution < 1.29 is 14.7 Å². The lowest BCUT2D eigenvalue weighted by molar-refractivity contribution is -0.120. The molecule has 0 radical (unpaired) electrons. The van der Waals surface area contributed by atoms with Gasteiger partial charge in [0.1, 0.15) is 11.8 Å². The summed E-state index contributed by atoms with van der Waals surface area (Å²) in [6.07, 6.45) is 0.364. The average Bonchev–Trinajstić information content (AvgIpc) is 2.99. The molecule has 0 aromatic heterocycles. The molecule has 27 heavy (non-hydrogen) atoms. The third-order valence-electron chi connectivity index (χ3n) is 4.65. The number of amides is 3. The molecule has 3 amide bonds. The van der Waals surface area contributed by atoms with Crippen molar-refractivity contribution in [2.45, 2.75) is 12.5 Å². The van der Waals surface area contributed by atoms with Crippen LogP contribution in [0.3, 0.4) is 0 Å². The molecule has 1 saturated heterocycles. The smallest absolute Gasteiger partial charge is 0.322 e. The van der Waals surface area contributed by atoms with Crippen LogP contribution >= 0.6 is 0 Å². The molecular formula is C22H18N2O3. The Morgan fingerprint density at radius 1 is 0.815 bits per heavy atom. The lowest BCUT2D eigenvalue weighted by atomic mass is 9.91. The van der Waals surface area contributed by atoms with Gasteiger partial charge in [-0.2, -0.15) is 0 Å². The van der Waals surface area contributed by atoms with Crippen LogP contribution in [-0.4, -0.2) is 23.1 Å². The number of urea groups is 1. The van der Waals surface area contributed by atoms with E-state index in [0.717, 1.165) is 27.8 Å². The second-order valence-corrected chi connectivity index (χ2v) is 6.51. The predicted octanol–water partition coefficient (Wildman–Crippen LogP) is 3.48. The van der Waals surface area contributed by atoms with Crippen LogP contribution in [0.5, 0.6) is 5.75 Å². The Kier molecular flexibility index (Phi) is 4.34. The summed E-state index contributed by atoms with van der Waals surface area (Å²) in [6.45, 7) is 0. The summed E-state index contributed by atoms with van der Waals surface area (Å²) in [5, 5.41) is 14.8. The Morgan fingerprint density at radius 3 is 2.30 bits per heavy atom. The highest BCUT2D eigenvalue weighted by Gasteiger charge is 2.30. The molecule has 3 N–H and O–H groups in total. The van der Waals surface area contributed by atoms with E-state index < -0.39 is 12.1 Å². The number of hydrogen-bond acceptors (Lipinski definition) is 3. The number of benzene rings is 3. The van der Waals surface area contributed by atoms with E-state index in [-0.39, 0.29) is 11.7 Å². The SMILES string of the molecule is O=C1NC(=O)C(Cc2cc(-c3ccccc3)ccc2-c2cccc(O)c2)N1. The molecule has 5 heteroatoms. The third kappa shape index (κ3) is 3.53. The standard InChI is InChI=1S/C22H18N2O3/c25-18-8-4-7-16(12-18)19-10-9-15(14-5-2-1-3-6-14)11-17(19)13-20-21(26)24-22(27)23-20/h1-12,20,25H,13H2,(H2,23,24,26,27). The Bertz CT molecular complexity index is 1020. The second kappa shape index (κ2) is 6.96. The second-order valence-electron chi connectivity index (χ2n) is 6.51. The van der Waals surface area contributed by atoms with E-state index in [1.165, 1.54) is 0 Å². The van der Waals surface area contributed by atoms with Crippen molar-refractivity contribution in [3.8, 4) is 28.0 Å². The van der Waals surface area contributed by atoms with E-state index in [9.17, 15) is 14.7 Å². The Balaban J connectivity index is 1.78. The van der Waals surface area contributed by atoms with Crippen molar-refractivity contribution >= 4 is 11.9 Å². The van der Waals surface area contributed by atoms with E-state index in [1.807, 2.05) is 54.6 Å². The van der Waals surface area contributed by atoms with Crippen LogP contribution in [0.4, 0.5) is 4.79 Å². The summed E-state index contributed by atoms with van der Waals surface area (Å²) in [5.41, 5.74) is 4.79. The zero-order valence-electron chi connectivity index (χ0n) is 14.5. The first-order valence-corrected chi connectivity index (χ1v) is 8.69. The zero-order valence-corrected chi connectivity index (χ0v) is 14.5. The molecule has 0 bridgehead atoms. The van der Waals surface area contributed by atoms with Crippen molar-refractivity contribution in [1.82, 2.24) is 10.6 Å². The molecule has 1 heterocycles. The van der Waals surface area contributed by atoms with Gasteiger partial charge in [-0.05, 0) is 39.9 Å². The number of carbonyl (C=O) groups is 2. The van der Waals surface area contributed by atoms with Crippen LogP contribution in [-0.2, 0) is 11.2 Å². The number of nitrogens with one attached hydrogen (secondary N) is 2. The van der Waals surface area contributed by atoms with Crippen LogP contribution in [0.25, 0.3) is 22.3 Å². The lowest BCUT2D eigenvalue weighted by Gasteiger charge is -2.15. The van der Waals surface area contributed by atoms with Crippen LogP contribution in [0.15, 0.2) is 72.8 Å². The van der Waals surface area contributed by atoms with Gasteiger partial charge >= 0.3 is 6.03 Å². The molecular weight excluding hydrogens is 340 g/mol. The van der Waals surface area contributed by atoms with Gasteiger partial charge in [0, 0.05) is 6.42 Å². The topological polar surface area (TPSA) is 78.4 Å². The molecule has 0 aliphatic carbocycles. The molecule has 0 saturated carbocycles. The van der Waals surface area contributed by atoms with E-state index in [2.05, 4.69) is 10.6 Å². The molecule has 3 aromatic carbocycles. The van der Waals surface area contributed by atoms with Gasteiger partial charge in [0.2, 0.25) is 0 Å². The van der Waals surface area contributed by atoms with E-state index in [4.69, 9.17) is 0 Å². The first-order chi connectivity index (χ1) is 13.1. The van der Waals surface area contributed by atoms with Crippen molar-refractivity contribution in [1.29, 1.82) is 0 Å². The monoisotopic (exact) mass is 358 g/mol. The average molecular weight is 358 g/mol. The lowest BCUT2D eigenvalue weighted by Crippen LogP contribution is -2.31. The molecule has 4 rings (SSSR count). The van der Waals surface area contributed by atoms with Crippen LogP contribution in [0.1, 0.15) is 5.56 Å². The summed E-state index contributed by atoms with van der Waals surface area (Å²) in [4.78, 5) is 23.5. The van der Waals surface area contributed by atoms with Gasteiger partial charge in [-0.25, -0.2) is 4.79 Å². The summed E-state index contributed by atoms with van der Waals surface area (Å²) in [7, 11) is 0. The van der Waals surface area contributed by atoms with Gasteiger partial charge in [-0.1, -0.05) is 60.7 Å². The molecule has 1 atom stereocenters. The Morgan fingerprint density at radius 2 is 1.59 bits per heavy atom. The maximum atomic E-state index is 12.0. The van der Waals surface area contributed by atoms with E-state index in [0.29, 0.717) is 6.42 Å². The van der Waals surface area contributed by atoms with E-state index in [1.54, 1.807) is 18.2 Å². The summed E-state index contributed by atoms with van der Waals surface area (Å²) in [6, 6.07) is 21.9. The van der Waals surface area contributed by atoms with Gasteiger partial charge in [-0.3, -0.25) is 10.1 Å². The predicted molar refractivity (Wildman–Crippen MR) is 103 cm³/mol. The molecule has 1 aliphatic rings.